The van der Waals surface area contributed by atoms with E-state index in [1.165, 1.54) is 0 Å². The first-order chi connectivity index (χ1) is 7.82. The summed E-state index contributed by atoms with van der Waals surface area (Å²) in [6.45, 7) is -0.0237. The lowest BCUT2D eigenvalue weighted by Crippen LogP contribution is -2.48. The minimum absolute atomic E-state index is 0.0237. The Morgan fingerprint density at radius 2 is 1.71 bits per heavy atom. The zero-order chi connectivity index (χ0) is 13.4. The van der Waals surface area contributed by atoms with Crippen LogP contribution in [0.25, 0.3) is 0 Å². The third-order valence-corrected chi connectivity index (χ3v) is 1.67. The predicted molar refractivity (Wildman–Crippen MR) is 55.6 cm³/mol. The second-order valence-corrected chi connectivity index (χ2v) is 3.18. The maximum atomic E-state index is 11.1. The highest BCUT2D eigenvalue weighted by molar-refractivity contribution is 5.87. The van der Waals surface area contributed by atoms with Gasteiger partial charge in [-0.3, -0.25) is 9.59 Å². The van der Waals surface area contributed by atoms with E-state index in [0.29, 0.717) is 0 Å². The van der Waals surface area contributed by atoms with Gasteiger partial charge in [-0.1, -0.05) is 0 Å². The summed E-state index contributed by atoms with van der Waals surface area (Å²) in [4.78, 5) is 42.6. The maximum absolute atomic E-state index is 11.1. The van der Waals surface area contributed by atoms with Gasteiger partial charge in [0.25, 0.3) is 0 Å². The largest absolute Gasteiger partial charge is 0.480 e. The molecule has 17 heavy (non-hydrogen) atoms. The number of hydrogen-bond donors (Lipinski definition) is 5. The van der Waals surface area contributed by atoms with Gasteiger partial charge in [0, 0.05) is 13.0 Å². The van der Waals surface area contributed by atoms with Gasteiger partial charge < -0.3 is 27.2 Å². The van der Waals surface area contributed by atoms with Crippen molar-refractivity contribution in [2.45, 2.75) is 18.9 Å². The van der Waals surface area contributed by atoms with Gasteiger partial charge in [0.1, 0.15) is 6.04 Å². The topological polar surface area (TPSA) is 165 Å². The standard InChI is InChI=1S/C8H14N4O5/c9-5(13)1-2-11-8(17)12-4(7(15)16)3-6(10)14/h4H,1-3H2,(H2,9,13)(H2,10,14)(H,15,16)(H2,11,12,17). The highest BCUT2D eigenvalue weighted by Gasteiger charge is 2.21. The molecule has 0 aliphatic heterocycles. The molecule has 0 heterocycles. The smallest absolute Gasteiger partial charge is 0.326 e. The number of primary amides is 2. The molecule has 1 atom stereocenters. The molecule has 0 aliphatic rings. The van der Waals surface area contributed by atoms with Crippen molar-refractivity contribution in [1.82, 2.24) is 10.6 Å². The zero-order valence-electron chi connectivity index (χ0n) is 8.93. The first kappa shape index (κ1) is 14.7. The second-order valence-electron chi connectivity index (χ2n) is 3.18. The molecule has 0 aromatic heterocycles. The monoisotopic (exact) mass is 246 g/mol. The number of nitrogens with two attached hydrogens (primary N) is 2. The lowest BCUT2D eigenvalue weighted by atomic mass is 10.2. The van der Waals surface area contributed by atoms with Crippen LogP contribution >= 0.6 is 0 Å². The third kappa shape index (κ3) is 7.59. The number of aliphatic carboxylic acids is 1. The van der Waals surface area contributed by atoms with E-state index in [1.807, 2.05) is 5.32 Å². The van der Waals surface area contributed by atoms with E-state index < -0.39 is 36.3 Å². The Morgan fingerprint density at radius 3 is 2.12 bits per heavy atom. The number of carboxylic acid groups (broad SMARTS) is 1. The van der Waals surface area contributed by atoms with Gasteiger partial charge in [0.05, 0.1) is 6.42 Å². The van der Waals surface area contributed by atoms with Gasteiger partial charge in [-0.15, -0.1) is 0 Å². The van der Waals surface area contributed by atoms with Crippen molar-refractivity contribution in [1.29, 1.82) is 0 Å². The number of carboxylic acids is 1. The van der Waals surface area contributed by atoms with Crippen LogP contribution < -0.4 is 22.1 Å². The number of carbonyl (C=O) groups excluding carboxylic acids is 3. The SMILES string of the molecule is NC(=O)CCNC(=O)NC(CC(N)=O)C(=O)O. The highest BCUT2D eigenvalue weighted by atomic mass is 16.4. The summed E-state index contributed by atoms with van der Waals surface area (Å²) in [6, 6.07) is -2.22. The van der Waals surface area contributed by atoms with Crippen molar-refractivity contribution in [3.8, 4) is 0 Å². The molecule has 0 aromatic carbocycles. The second kappa shape index (κ2) is 7.04. The van der Waals surface area contributed by atoms with Crippen LogP contribution in [0.2, 0.25) is 0 Å². The molecule has 0 bridgehead atoms. The fourth-order valence-corrected chi connectivity index (χ4v) is 0.910. The van der Waals surface area contributed by atoms with Crippen LogP contribution in [0.4, 0.5) is 4.79 Å². The molecule has 0 spiro atoms. The molecular formula is C8H14N4O5. The third-order valence-electron chi connectivity index (χ3n) is 1.67. The van der Waals surface area contributed by atoms with Crippen molar-refractivity contribution in [3.05, 3.63) is 0 Å². The van der Waals surface area contributed by atoms with Gasteiger partial charge in [-0.2, -0.15) is 0 Å². The van der Waals surface area contributed by atoms with Crippen molar-refractivity contribution in [2.24, 2.45) is 11.5 Å². The Hall–Kier alpha value is -2.32. The lowest BCUT2D eigenvalue weighted by Gasteiger charge is -2.13. The number of rotatable bonds is 7. The molecule has 0 saturated heterocycles. The predicted octanol–water partition coefficient (Wildman–Crippen LogP) is -2.51. The Labute approximate surface area is 96.5 Å². The van der Waals surface area contributed by atoms with E-state index in [9.17, 15) is 19.2 Å². The fourth-order valence-electron chi connectivity index (χ4n) is 0.910. The summed E-state index contributed by atoms with van der Waals surface area (Å²) in [5.74, 6) is -2.83. The van der Waals surface area contributed by atoms with Crippen LogP contribution in [0.15, 0.2) is 0 Å². The number of urea groups is 1. The van der Waals surface area contributed by atoms with E-state index in [2.05, 4.69) is 5.32 Å². The summed E-state index contributed by atoms with van der Waals surface area (Å²) in [7, 11) is 0. The van der Waals surface area contributed by atoms with Gasteiger partial charge in [0.2, 0.25) is 11.8 Å². The van der Waals surface area contributed by atoms with E-state index >= 15 is 0 Å². The number of nitrogens with one attached hydrogen (secondary N) is 2. The molecule has 1 unspecified atom stereocenters. The normalized spacial score (nSPS) is 11.3. The molecule has 9 heteroatoms. The van der Waals surface area contributed by atoms with E-state index in [0.717, 1.165) is 0 Å². The van der Waals surface area contributed by atoms with Gasteiger partial charge in [-0.25, -0.2) is 9.59 Å². The summed E-state index contributed by atoms with van der Waals surface area (Å²) < 4.78 is 0. The molecule has 0 radical (unpaired) electrons. The van der Waals surface area contributed by atoms with Crippen LogP contribution in [-0.2, 0) is 14.4 Å². The van der Waals surface area contributed by atoms with Crippen LogP contribution in [0, 0.1) is 0 Å². The Bertz CT molecular complexity index is 330. The molecule has 0 aromatic rings. The van der Waals surface area contributed by atoms with Gasteiger partial charge >= 0.3 is 12.0 Å². The maximum Gasteiger partial charge on any atom is 0.326 e. The molecule has 4 amide bonds. The first-order valence-corrected chi connectivity index (χ1v) is 4.66. The number of hydrogen-bond acceptors (Lipinski definition) is 4. The molecule has 9 nitrogen and oxygen atoms in total. The van der Waals surface area contributed by atoms with Crippen LogP contribution in [0.5, 0.6) is 0 Å². The van der Waals surface area contributed by atoms with Crippen molar-refractivity contribution in [2.75, 3.05) is 6.54 Å². The van der Waals surface area contributed by atoms with Gasteiger partial charge in [-0.05, 0) is 0 Å². The molecule has 0 saturated carbocycles. The van der Waals surface area contributed by atoms with Crippen LogP contribution in [0.3, 0.4) is 0 Å². The summed E-state index contributed by atoms with van der Waals surface area (Å²) >= 11 is 0. The molecule has 0 rings (SSSR count). The average Bonchev–Trinajstić information content (AvgIpc) is 2.15. The zero-order valence-corrected chi connectivity index (χ0v) is 8.93. The van der Waals surface area contributed by atoms with E-state index in [1.54, 1.807) is 0 Å². The lowest BCUT2D eigenvalue weighted by molar-refractivity contribution is -0.140. The Kier molecular flexibility index (Phi) is 6.08. The van der Waals surface area contributed by atoms with Crippen molar-refractivity contribution >= 4 is 23.8 Å². The summed E-state index contributed by atoms with van der Waals surface area (Å²) in [6.07, 6.45) is -0.584. The van der Waals surface area contributed by atoms with E-state index in [4.69, 9.17) is 16.6 Å². The molecule has 0 fully saturated rings. The fraction of sp³-hybridized carbons (Fsp3) is 0.500. The first-order valence-electron chi connectivity index (χ1n) is 4.66. The van der Waals surface area contributed by atoms with Crippen molar-refractivity contribution in [3.63, 3.8) is 0 Å². The minimum Gasteiger partial charge on any atom is -0.480 e. The highest BCUT2D eigenvalue weighted by Crippen LogP contribution is 1.91. The number of amides is 4. The molecule has 96 valence electrons. The molecular weight excluding hydrogens is 232 g/mol. The van der Waals surface area contributed by atoms with E-state index in [-0.39, 0.29) is 13.0 Å². The molecule has 0 aliphatic carbocycles. The minimum atomic E-state index is -1.40. The molecule has 7 N–H and O–H groups in total. The number of carbonyl (C=O) groups is 4. The van der Waals surface area contributed by atoms with Crippen LogP contribution in [0.1, 0.15) is 12.8 Å². The average molecular weight is 246 g/mol. The Balaban J connectivity index is 4.08. The van der Waals surface area contributed by atoms with Gasteiger partial charge in [0.15, 0.2) is 0 Å². The quantitative estimate of drug-likeness (QED) is 0.334. The van der Waals surface area contributed by atoms with Crippen molar-refractivity contribution < 1.29 is 24.3 Å². The summed E-state index contributed by atoms with van der Waals surface area (Å²) in [5, 5.41) is 12.9. The summed E-state index contributed by atoms with van der Waals surface area (Å²) in [5.41, 5.74) is 9.64. The Morgan fingerprint density at radius 1 is 1.12 bits per heavy atom. The van der Waals surface area contributed by atoms with Crippen LogP contribution in [-0.4, -0.2) is 41.5 Å².